The Labute approximate surface area is 338 Å². The highest BCUT2D eigenvalue weighted by Crippen LogP contribution is 2.39. The Morgan fingerprint density at radius 2 is 1.80 bits per heavy atom. The summed E-state index contributed by atoms with van der Waals surface area (Å²) in [5, 5.41) is 23.1. The zero-order valence-electron chi connectivity index (χ0n) is 34.8. The number of thioether (sulfide) groups is 2. The number of rotatable bonds is 31. The number of carbonyl (C=O) groups excluding carboxylic acids is 1. The van der Waals surface area contributed by atoms with E-state index in [0.29, 0.717) is 29.6 Å². The highest BCUT2D eigenvalue weighted by molar-refractivity contribution is 8.13. The second-order valence-corrected chi connectivity index (χ2v) is 19.5. The van der Waals surface area contributed by atoms with E-state index in [1.165, 1.54) is 23.0 Å². The molecule has 55 heavy (non-hydrogen) atoms. The molecule has 0 amide bonds. The van der Waals surface area contributed by atoms with Crippen LogP contribution in [0.2, 0.25) is 0 Å². The third-order valence-corrected chi connectivity index (χ3v) is 11.4. The number of ether oxygens (including phenoxy) is 4. The Bertz CT molecular complexity index is 1310. The van der Waals surface area contributed by atoms with Crippen LogP contribution in [-0.2, 0) is 40.4 Å². The number of aliphatic hydroxyl groups excluding tert-OH is 1. The highest BCUT2D eigenvalue weighted by Gasteiger charge is 2.29. The van der Waals surface area contributed by atoms with Gasteiger partial charge in [-0.05, 0) is 74.2 Å². The first kappa shape index (κ1) is 51.3. The number of nitrogens with one attached hydrogen (secondary N) is 2. The van der Waals surface area contributed by atoms with Crippen molar-refractivity contribution in [2.24, 2.45) is 23.2 Å². The van der Waals surface area contributed by atoms with E-state index in [0.717, 1.165) is 24.8 Å². The summed E-state index contributed by atoms with van der Waals surface area (Å²) in [6, 6.07) is 0. The molecule has 1 aromatic heterocycles. The first-order chi connectivity index (χ1) is 25.7. The lowest BCUT2D eigenvalue weighted by Gasteiger charge is -2.32. The maximum Gasteiger partial charge on any atom is 0.185 e. The molecule has 0 aromatic carbocycles. The molecule has 0 aliphatic rings. The zero-order chi connectivity index (χ0) is 41.7. The molecule has 0 saturated carbocycles. The Kier molecular flexibility index (Phi) is 23.9. The molecule has 320 valence electrons. The third-order valence-electron chi connectivity index (χ3n) is 8.28. The van der Waals surface area contributed by atoms with Crippen molar-refractivity contribution < 1.29 is 33.4 Å². The van der Waals surface area contributed by atoms with Gasteiger partial charge in [0.25, 0.3) is 0 Å². The van der Waals surface area contributed by atoms with Crippen molar-refractivity contribution in [2.45, 2.75) is 103 Å². The van der Waals surface area contributed by atoms with Crippen LogP contribution in [0.5, 0.6) is 0 Å². The molecule has 0 fully saturated rings. The van der Waals surface area contributed by atoms with E-state index in [-0.39, 0.29) is 68.5 Å². The van der Waals surface area contributed by atoms with Gasteiger partial charge in [0.05, 0.1) is 92.5 Å². The van der Waals surface area contributed by atoms with E-state index < -0.39 is 19.2 Å². The topological polar surface area (TPSA) is 246 Å². The highest BCUT2D eigenvalue weighted by atomic mass is 32.2. The van der Waals surface area contributed by atoms with Crippen LogP contribution in [0.15, 0.2) is 30.0 Å². The van der Waals surface area contributed by atoms with E-state index in [1.807, 2.05) is 24.1 Å². The first-order valence-electron chi connectivity index (χ1n) is 18.2. The molecule has 20 heteroatoms. The lowest BCUT2D eigenvalue weighted by Crippen LogP contribution is -2.53. The summed E-state index contributed by atoms with van der Waals surface area (Å²) >= 11 is 2.97. The van der Waals surface area contributed by atoms with Gasteiger partial charge in [-0.3, -0.25) is 10.6 Å². The average Bonchev–Trinajstić information content (AvgIpc) is 3.58. The molecule has 3 atom stereocenters. The molecular formula is C35H71N10O7PS2. The van der Waals surface area contributed by atoms with Gasteiger partial charge in [-0.25, -0.2) is 10.5 Å². The van der Waals surface area contributed by atoms with Crippen molar-refractivity contribution in [3.63, 3.8) is 0 Å². The largest absolute Gasteiger partial charge is 0.399 e. The smallest absolute Gasteiger partial charge is 0.185 e. The van der Waals surface area contributed by atoms with Gasteiger partial charge in [-0.15, -0.1) is 16.9 Å². The Morgan fingerprint density at radius 3 is 2.42 bits per heavy atom. The summed E-state index contributed by atoms with van der Waals surface area (Å²) in [4.78, 5) is 11.2. The fourth-order valence-corrected chi connectivity index (χ4v) is 7.81. The molecule has 1 rings (SSSR count). The normalized spacial score (nSPS) is 15.5. The van der Waals surface area contributed by atoms with Gasteiger partial charge in [0.15, 0.2) is 5.12 Å². The minimum absolute atomic E-state index is 0.0343. The standard InChI is InChI=1S/C35H71N10O7PS2/c1-27(11-14-55-28(2)47)51-13-12-32(3,4)40-15-30(41-38)19-49-23-35(37,22-48-18-29(36)16-44(39)33(5,6)21-46)24-50-20-31-17-45(43-42-31)34(7,8)25-53(9)52-26-54-10/h15-17,27,40-41,46H,11-14,18-26,36-39H2,1-10H3/b29-16-,30-15-. The number of nitrogens with zero attached hydrogens (tertiary/aromatic N) is 4. The summed E-state index contributed by atoms with van der Waals surface area (Å²) in [7, 11) is -0.620. The number of hydrogen-bond acceptors (Lipinski definition) is 18. The third kappa shape index (κ3) is 22.1. The van der Waals surface area contributed by atoms with Gasteiger partial charge >= 0.3 is 0 Å². The molecule has 0 spiro atoms. The summed E-state index contributed by atoms with van der Waals surface area (Å²) in [5.74, 6) is 13.3. The van der Waals surface area contributed by atoms with Crippen LogP contribution in [0.4, 0.5) is 0 Å². The number of carbonyl (C=O) groups is 1. The number of aromatic nitrogens is 3. The van der Waals surface area contributed by atoms with E-state index in [4.69, 9.17) is 46.6 Å². The van der Waals surface area contributed by atoms with E-state index in [1.54, 1.807) is 38.7 Å². The van der Waals surface area contributed by atoms with Crippen LogP contribution in [0, 0.1) is 0 Å². The van der Waals surface area contributed by atoms with Crippen LogP contribution < -0.4 is 33.9 Å². The fraction of sp³-hybridized carbons (Fsp3) is 0.800. The van der Waals surface area contributed by atoms with Gasteiger partial charge < -0.3 is 55.8 Å². The molecule has 17 nitrogen and oxygen atoms in total. The van der Waals surface area contributed by atoms with E-state index in [9.17, 15) is 9.90 Å². The lowest BCUT2D eigenvalue weighted by molar-refractivity contribution is -0.109. The quantitative estimate of drug-likeness (QED) is 0.0246. The summed E-state index contributed by atoms with van der Waals surface area (Å²) in [6.07, 6.45) is 9.62. The number of aliphatic hydroxyl groups is 1. The molecule has 3 unspecified atom stereocenters. The monoisotopic (exact) mass is 838 g/mol. The van der Waals surface area contributed by atoms with Gasteiger partial charge in [0.2, 0.25) is 0 Å². The van der Waals surface area contributed by atoms with Gasteiger partial charge in [-0.2, -0.15) is 0 Å². The predicted molar refractivity (Wildman–Crippen MR) is 225 cm³/mol. The summed E-state index contributed by atoms with van der Waals surface area (Å²) < 4.78 is 31.7. The Hall–Kier alpha value is -1.74. The summed E-state index contributed by atoms with van der Waals surface area (Å²) in [5.41, 5.74) is 14.9. The van der Waals surface area contributed by atoms with Gasteiger partial charge in [-0.1, -0.05) is 17.0 Å². The molecule has 0 aliphatic carbocycles. The van der Waals surface area contributed by atoms with Crippen molar-refractivity contribution in [1.29, 1.82) is 0 Å². The second-order valence-electron chi connectivity index (χ2n) is 15.6. The van der Waals surface area contributed by atoms with Crippen LogP contribution >= 0.6 is 31.7 Å². The minimum atomic E-state index is -1.08. The molecule has 0 saturated heterocycles. The van der Waals surface area contributed by atoms with Crippen molar-refractivity contribution >= 4 is 36.8 Å². The zero-order valence-corrected chi connectivity index (χ0v) is 37.3. The van der Waals surface area contributed by atoms with Crippen LogP contribution in [-0.4, -0.2) is 130 Å². The molecule has 1 aromatic rings. The molecule has 0 bridgehead atoms. The minimum Gasteiger partial charge on any atom is -0.399 e. The summed E-state index contributed by atoms with van der Waals surface area (Å²) in [6.45, 7) is 18.5. The van der Waals surface area contributed by atoms with Crippen LogP contribution in [0.25, 0.3) is 0 Å². The lowest BCUT2D eigenvalue weighted by atomic mass is 10.0. The van der Waals surface area contributed by atoms with E-state index in [2.05, 4.69) is 55.4 Å². The maximum absolute atomic E-state index is 11.2. The number of hydrazine groups is 2. The second kappa shape index (κ2) is 25.6. The number of hydrogen-bond donors (Lipinski definition) is 7. The van der Waals surface area contributed by atoms with Gasteiger partial charge in [0.1, 0.15) is 5.69 Å². The molecule has 11 N–H and O–H groups in total. The predicted octanol–water partition coefficient (Wildman–Crippen LogP) is 2.51. The molecule has 1 heterocycles. The van der Waals surface area contributed by atoms with Crippen molar-refractivity contribution in [3.8, 4) is 0 Å². The Morgan fingerprint density at radius 1 is 1.15 bits per heavy atom. The SMILES string of the molecule is CSCOP(C)CC(C)(C)n1cc(COCC(N)(COC/C(N)=C/N(N)C(C)(C)CO)COC/C(=C/NC(C)(C)CCOC(C)CCSC(C)=O)NN)nn1. The maximum atomic E-state index is 11.2. The number of nitrogens with two attached hydrogens (primary N) is 4. The average molecular weight is 839 g/mol. The van der Waals surface area contributed by atoms with Crippen molar-refractivity contribution in [3.05, 3.63) is 35.7 Å². The molecular weight excluding hydrogens is 768 g/mol. The first-order valence-corrected chi connectivity index (χ1v) is 22.5. The van der Waals surface area contributed by atoms with Crippen molar-refractivity contribution in [1.82, 2.24) is 30.7 Å². The van der Waals surface area contributed by atoms with Crippen molar-refractivity contribution in [2.75, 3.05) is 77.0 Å². The van der Waals surface area contributed by atoms with Gasteiger partial charge in [0, 0.05) is 51.5 Å². The fourth-order valence-electron chi connectivity index (χ4n) is 4.61. The molecule has 0 aliphatic heterocycles. The van der Waals surface area contributed by atoms with E-state index >= 15 is 0 Å². The van der Waals surface area contributed by atoms with Crippen LogP contribution in [0.3, 0.4) is 0 Å². The Balaban J connectivity index is 2.88. The molecule has 0 radical (unpaired) electrons. The van der Waals surface area contributed by atoms with Crippen LogP contribution in [0.1, 0.15) is 73.9 Å².